The quantitative estimate of drug-likeness (QED) is 0.861. The van der Waals surface area contributed by atoms with E-state index in [-0.39, 0.29) is 5.91 Å². The molecule has 7 nitrogen and oxygen atoms in total. The van der Waals surface area contributed by atoms with Crippen LogP contribution in [0.1, 0.15) is 36.8 Å². The van der Waals surface area contributed by atoms with Crippen molar-refractivity contribution in [3.05, 3.63) is 36.5 Å². The molecule has 0 spiro atoms. The van der Waals surface area contributed by atoms with E-state index < -0.39 is 0 Å². The van der Waals surface area contributed by atoms with Gasteiger partial charge >= 0.3 is 0 Å². The molecule has 0 aromatic carbocycles. The Labute approximate surface area is 135 Å². The van der Waals surface area contributed by atoms with Gasteiger partial charge < -0.3 is 14.4 Å². The predicted molar refractivity (Wildman–Crippen MR) is 87.4 cm³/mol. The second kappa shape index (κ2) is 6.76. The lowest BCUT2D eigenvalue weighted by Crippen LogP contribution is -2.35. The molecule has 0 atom stereocenters. The van der Waals surface area contributed by atoms with Crippen LogP contribution in [0.5, 0.6) is 0 Å². The molecule has 1 amide bonds. The van der Waals surface area contributed by atoms with Crippen LogP contribution in [0.2, 0.25) is 0 Å². The number of hydrogen-bond acceptors (Lipinski definition) is 5. The molecular formula is C16H22N6O. The zero-order valence-electron chi connectivity index (χ0n) is 13.6. The van der Waals surface area contributed by atoms with Crippen molar-refractivity contribution in [3.63, 3.8) is 0 Å². The Morgan fingerprint density at radius 3 is 2.78 bits per heavy atom. The molecule has 0 aliphatic carbocycles. The topological polar surface area (TPSA) is 67.2 Å². The molecular weight excluding hydrogens is 292 g/mol. The monoisotopic (exact) mass is 314 g/mol. The van der Waals surface area contributed by atoms with Gasteiger partial charge in [0.25, 0.3) is 5.91 Å². The normalized spacial score (nSPS) is 15.8. The van der Waals surface area contributed by atoms with Gasteiger partial charge in [-0.3, -0.25) is 4.79 Å². The van der Waals surface area contributed by atoms with E-state index in [1.807, 2.05) is 27.8 Å². The molecule has 1 fully saturated rings. The largest absolute Gasteiger partial charge is 0.353 e. The second-order valence-corrected chi connectivity index (χ2v) is 6.01. The smallest absolute Gasteiger partial charge is 0.274 e. The van der Waals surface area contributed by atoms with Gasteiger partial charge in [-0.2, -0.15) is 5.10 Å². The van der Waals surface area contributed by atoms with Gasteiger partial charge in [0.05, 0.1) is 6.33 Å². The highest BCUT2D eigenvalue weighted by atomic mass is 16.2. The molecule has 7 heteroatoms. The van der Waals surface area contributed by atoms with E-state index in [2.05, 4.69) is 33.9 Å². The van der Waals surface area contributed by atoms with Crippen LogP contribution >= 0.6 is 0 Å². The van der Waals surface area contributed by atoms with E-state index in [0.717, 1.165) is 31.9 Å². The number of carbonyl (C=O) groups excluding carboxylic acids is 1. The Bertz CT molecular complexity index is 654. The SMILES string of the molecule is CC(C)n1cnc(C(=O)N2CCCN(c3cccnn3)CC2)c1. The fourth-order valence-corrected chi connectivity index (χ4v) is 2.70. The Hall–Kier alpha value is -2.44. The van der Waals surface area contributed by atoms with Crippen LogP contribution in [0, 0.1) is 0 Å². The summed E-state index contributed by atoms with van der Waals surface area (Å²) in [4.78, 5) is 20.9. The molecule has 0 saturated carbocycles. The van der Waals surface area contributed by atoms with Gasteiger partial charge in [-0.05, 0) is 32.4 Å². The molecule has 0 N–H and O–H groups in total. The standard InChI is InChI=1S/C16H22N6O/c1-13(2)22-11-14(17-12-22)16(23)21-8-4-7-20(9-10-21)15-5-3-6-18-19-15/h3,5-6,11-13H,4,7-10H2,1-2H3. The van der Waals surface area contributed by atoms with Crippen molar-refractivity contribution >= 4 is 11.7 Å². The highest BCUT2D eigenvalue weighted by Gasteiger charge is 2.22. The second-order valence-electron chi connectivity index (χ2n) is 6.01. The minimum atomic E-state index is 0.00500. The van der Waals surface area contributed by atoms with Crippen molar-refractivity contribution in [2.75, 3.05) is 31.1 Å². The van der Waals surface area contributed by atoms with E-state index in [1.165, 1.54) is 0 Å². The summed E-state index contributed by atoms with van der Waals surface area (Å²) in [6.45, 7) is 7.19. The summed E-state index contributed by atoms with van der Waals surface area (Å²) in [5.41, 5.74) is 0.520. The highest BCUT2D eigenvalue weighted by molar-refractivity contribution is 5.92. The molecule has 3 rings (SSSR count). The van der Waals surface area contributed by atoms with E-state index in [4.69, 9.17) is 0 Å². The maximum absolute atomic E-state index is 12.6. The van der Waals surface area contributed by atoms with E-state index >= 15 is 0 Å². The molecule has 1 aliphatic rings. The average Bonchev–Trinajstić information content (AvgIpc) is 2.94. The minimum absolute atomic E-state index is 0.00500. The summed E-state index contributed by atoms with van der Waals surface area (Å²) in [7, 11) is 0. The fraction of sp³-hybridized carbons (Fsp3) is 0.500. The maximum Gasteiger partial charge on any atom is 0.274 e. The molecule has 122 valence electrons. The number of carbonyl (C=O) groups is 1. The molecule has 3 heterocycles. The van der Waals surface area contributed by atoms with Crippen molar-refractivity contribution in [3.8, 4) is 0 Å². The average molecular weight is 314 g/mol. The lowest BCUT2D eigenvalue weighted by molar-refractivity contribution is 0.0761. The van der Waals surface area contributed by atoms with Crippen molar-refractivity contribution in [1.82, 2.24) is 24.6 Å². The Morgan fingerprint density at radius 1 is 1.22 bits per heavy atom. The first-order chi connectivity index (χ1) is 11.1. The third-order valence-electron chi connectivity index (χ3n) is 4.08. The zero-order valence-corrected chi connectivity index (χ0v) is 13.6. The summed E-state index contributed by atoms with van der Waals surface area (Å²) >= 11 is 0. The molecule has 2 aromatic rings. The first-order valence-corrected chi connectivity index (χ1v) is 8.00. The molecule has 0 radical (unpaired) electrons. The summed E-state index contributed by atoms with van der Waals surface area (Å²) in [6, 6.07) is 4.14. The summed E-state index contributed by atoms with van der Waals surface area (Å²) < 4.78 is 1.96. The number of rotatable bonds is 3. The van der Waals surface area contributed by atoms with Crippen LogP contribution in [-0.2, 0) is 0 Å². The molecule has 1 aliphatic heterocycles. The van der Waals surface area contributed by atoms with Crippen molar-refractivity contribution in [2.45, 2.75) is 26.3 Å². The number of nitrogens with zero attached hydrogens (tertiary/aromatic N) is 6. The Kier molecular flexibility index (Phi) is 4.55. The van der Waals surface area contributed by atoms with Gasteiger partial charge in [0.2, 0.25) is 0 Å². The number of hydrogen-bond donors (Lipinski definition) is 0. The number of anilines is 1. The van der Waals surface area contributed by atoms with E-state index in [9.17, 15) is 4.79 Å². The Morgan fingerprint density at radius 2 is 2.09 bits per heavy atom. The maximum atomic E-state index is 12.6. The first-order valence-electron chi connectivity index (χ1n) is 8.00. The third kappa shape index (κ3) is 3.49. The highest BCUT2D eigenvalue weighted by Crippen LogP contribution is 2.14. The Balaban J connectivity index is 1.66. The van der Waals surface area contributed by atoms with Crippen LogP contribution in [-0.4, -0.2) is 56.7 Å². The molecule has 23 heavy (non-hydrogen) atoms. The van der Waals surface area contributed by atoms with Crippen LogP contribution in [0.25, 0.3) is 0 Å². The molecule has 0 unspecified atom stereocenters. The molecule has 2 aromatic heterocycles. The predicted octanol–water partition coefficient (Wildman–Crippen LogP) is 1.61. The van der Waals surface area contributed by atoms with Crippen LogP contribution in [0.4, 0.5) is 5.82 Å². The lowest BCUT2D eigenvalue weighted by Gasteiger charge is -2.21. The first kappa shape index (κ1) is 15.5. The van der Waals surface area contributed by atoms with Crippen molar-refractivity contribution in [2.24, 2.45) is 0 Å². The van der Waals surface area contributed by atoms with E-state index in [1.54, 1.807) is 12.5 Å². The van der Waals surface area contributed by atoms with Crippen LogP contribution < -0.4 is 4.90 Å². The molecule has 0 bridgehead atoms. The third-order valence-corrected chi connectivity index (χ3v) is 4.08. The van der Waals surface area contributed by atoms with E-state index in [0.29, 0.717) is 18.3 Å². The summed E-state index contributed by atoms with van der Waals surface area (Å²) in [5.74, 6) is 0.872. The lowest BCUT2D eigenvalue weighted by atomic mass is 10.3. The van der Waals surface area contributed by atoms with Gasteiger partial charge in [0.15, 0.2) is 5.82 Å². The van der Waals surface area contributed by atoms with Gasteiger partial charge in [0.1, 0.15) is 5.69 Å². The van der Waals surface area contributed by atoms with Gasteiger partial charge in [-0.15, -0.1) is 5.10 Å². The number of imidazole rings is 1. The van der Waals surface area contributed by atoms with Crippen LogP contribution in [0.15, 0.2) is 30.9 Å². The molecule has 1 saturated heterocycles. The van der Waals surface area contributed by atoms with Gasteiger partial charge in [0, 0.05) is 44.6 Å². The minimum Gasteiger partial charge on any atom is -0.353 e. The van der Waals surface area contributed by atoms with Crippen molar-refractivity contribution < 1.29 is 4.79 Å². The number of amides is 1. The summed E-state index contributed by atoms with van der Waals surface area (Å²) in [6.07, 6.45) is 6.13. The van der Waals surface area contributed by atoms with Gasteiger partial charge in [-0.25, -0.2) is 4.98 Å². The van der Waals surface area contributed by atoms with Crippen molar-refractivity contribution in [1.29, 1.82) is 0 Å². The van der Waals surface area contributed by atoms with Gasteiger partial charge in [-0.1, -0.05) is 0 Å². The van der Waals surface area contributed by atoms with Crippen LogP contribution in [0.3, 0.4) is 0 Å². The fourth-order valence-electron chi connectivity index (χ4n) is 2.70. The summed E-state index contributed by atoms with van der Waals surface area (Å²) in [5, 5.41) is 8.08. The zero-order chi connectivity index (χ0) is 16.2. The number of aromatic nitrogens is 4.